The molecule has 0 spiro atoms. The molecule has 8 heteroatoms. The Labute approximate surface area is 354 Å². The van der Waals surface area contributed by atoms with Crippen LogP contribution in [0.25, 0.3) is 0 Å². The van der Waals surface area contributed by atoms with E-state index in [0.29, 0.717) is 19.3 Å². The van der Waals surface area contributed by atoms with E-state index in [0.717, 1.165) is 38.5 Å². The van der Waals surface area contributed by atoms with Gasteiger partial charge >= 0.3 is 11.9 Å². The number of carboxylic acids is 1. The second kappa shape index (κ2) is 40.3. The standard InChI is InChI=1S/C50H83NO7/c1-6-8-10-12-14-16-18-20-21-22-23-24-25-26-27-29-30-32-34-36-38-40-48(52)57-45-46(44-56-43-42-47(50(54)55)51(3,4)5)58-49(53)41-39-37-35-33-31-28-19-17-15-13-11-9-7-2/h8-11,13-17,19,28,31,33,35,46-47H,6-7,12,18,20-27,29-30,32,34,36-45H2,1-5H3/b10-8+,11-9+,15-13+,16-14+,19-17+,31-28+,35-33+. The van der Waals surface area contributed by atoms with Gasteiger partial charge in [0.05, 0.1) is 40.3 Å². The van der Waals surface area contributed by atoms with Crippen LogP contribution in [0.15, 0.2) is 85.1 Å². The van der Waals surface area contributed by atoms with E-state index >= 15 is 0 Å². The van der Waals surface area contributed by atoms with Gasteiger partial charge in [0, 0.05) is 19.3 Å². The highest BCUT2D eigenvalue weighted by Gasteiger charge is 2.25. The lowest BCUT2D eigenvalue weighted by molar-refractivity contribution is -0.889. The van der Waals surface area contributed by atoms with Crippen LogP contribution >= 0.6 is 0 Å². The number of hydrogen-bond acceptors (Lipinski definition) is 7. The number of nitrogens with zero attached hydrogens (tertiary/aromatic N) is 1. The van der Waals surface area contributed by atoms with Crippen molar-refractivity contribution in [3.8, 4) is 0 Å². The second-order valence-electron chi connectivity index (χ2n) is 16.0. The van der Waals surface area contributed by atoms with Crippen LogP contribution in [0.5, 0.6) is 0 Å². The van der Waals surface area contributed by atoms with Crippen LogP contribution in [0.3, 0.4) is 0 Å². The number of ether oxygens (including phenoxy) is 3. The van der Waals surface area contributed by atoms with Crippen molar-refractivity contribution < 1.29 is 38.2 Å². The molecule has 0 saturated carbocycles. The van der Waals surface area contributed by atoms with Crippen LogP contribution in [0, 0.1) is 0 Å². The monoisotopic (exact) mass is 810 g/mol. The van der Waals surface area contributed by atoms with Crippen LogP contribution in [-0.4, -0.2) is 75.5 Å². The number of quaternary nitrogens is 1. The molecule has 0 fully saturated rings. The molecule has 330 valence electrons. The first-order chi connectivity index (χ1) is 28.1. The lowest BCUT2D eigenvalue weighted by Crippen LogP contribution is -2.55. The number of hydrogen-bond donors (Lipinski definition) is 0. The van der Waals surface area contributed by atoms with Crippen molar-refractivity contribution in [2.45, 2.75) is 174 Å². The molecule has 0 aromatic rings. The van der Waals surface area contributed by atoms with Crippen LogP contribution in [0.1, 0.15) is 162 Å². The van der Waals surface area contributed by atoms with E-state index in [9.17, 15) is 19.5 Å². The maximum atomic E-state index is 12.7. The molecule has 8 nitrogen and oxygen atoms in total. The normalized spacial score (nSPS) is 13.7. The third-order valence-electron chi connectivity index (χ3n) is 9.66. The van der Waals surface area contributed by atoms with Crippen LogP contribution < -0.4 is 5.11 Å². The summed E-state index contributed by atoms with van der Waals surface area (Å²) in [6.07, 6.45) is 52.0. The summed E-state index contributed by atoms with van der Waals surface area (Å²) in [7, 11) is 5.37. The molecule has 0 amide bonds. The van der Waals surface area contributed by atoms with Gasteiger partial charge in [-0.2, -0.15) is 0 Å². The van der Waals surface area contributed by atoms with Gasteiger partial charge in [-0.1, -0.05) is 176 Å². The molecule has 0 heterocycles. The predicted octanol–water partition coefficient (Wildman–Crippen LogP) is 11.2. The largest absolute Gasteiger partial charge is 0.544 e. The highest BCUT2D eigenvalue weighted by Crippen LogP contribution is 2.15. The first-order valence-corrected chi connectivity index (χ1v) is 22.7. The average molecular weight is 810 g/mol. The van der Waals surface area contributed by atoms with Gasteiger partial charge in [0.25, 0.3) is 0 Å². The molecule has 0 saturated heterocycles. The molecule has 0 N–H and O–H groups in total. The molecule has 0 aliphatic heterocycles. The smallest absolute Gasteiger partial charge is 0.306 e. The minimum atomic E-state index is -1.14. The van der Waals surface area contributed by atoms with E-state index in [-0.39, 0.29) is 49.1 Å². The number of carbonyl (C=O) groups is 3. The quantitative estimate of drug-likeness (QED) is 0.0200. The summed E-state index contributed by atoms with van der Waals surface area (Å²) >= 11 is 0. The number of carboxylic acid groups (broad SMARTS) is 1. The number of aliphatic carboxylic acids is 1. The average Bonchev–Trinajstić information content (AvgIpc) is 3.18. The number of esters is 2. The first kappa shape index (κ1) is 54.5. The zero-order valence-corrected chi connectivity index (χ0v) is 37.4. The Kier molecular flexibility index (Phi) is 37.9. The molecule has 0 rings (SSSR count). The summed E-state index contributed by atoms with van der Waals surface area (Å²) in [6, 6.07) is -0.742. The van der Waals surface area contributed by atoms with Gasteiger partial charge in [-0.25, -0.2) is 0 Å². The van der Waals surface area contributed by atoms with Crippen molar-refractivity contribution in [2.75, 3.05) is 41.0 Å². The van der Waals surface area contributed by atoms with Gasteiger partial charge in [0.2, 0.25) is 0 Å². The summed E-state index contributed by atoms with van der Waals surface area (Å²) in [5.41, 5.74) is 0. The Balaban J connectivity index is 4.33. The van der Waals surface area contributed by atoms with Crippen LogP contribution in [0.2, 0.25) is 0 Å². The topological polar surface area (TPSA) is 102 Å². The Morgan fingerprint density at radius 2 is 1.02 bits per heavy atom. The van der Waals surface area contributed by atoms with E-state index in [1.807, 2.05) is 54.7 Å². The highest BCUT2D eigenvalue weighted by atomic mass is 16.6. The number of likely N-dealkylation sites (N-methyl/N-ethyl adjacent to an activating group) is 1. The van der Waals surface area contributed by atoms with E-state index in [2.05, 4.69) is 44.2 Å². The summed E-state index contributed by atoms with van der Waals surface area (Å²) < 4.78 is 17.1. The lowest BCUT2D eigenvalue weighted by Gasteiger charge is -2.34. The van der Waals surface area contributed by atoms with E-state index < -0.39 is 18.1 Å². The molecule has 0 aromatic carbocycles. The first-order valence-electron chi connectivity index (χ1n) is 22.7. The Morgan fingerprint density at radius 1 is 0.534 bits per heavy atom. The van der Waals surface area contributed by atoms with E-state index in [4.69, 9.17) is 14.2 Å². The van der Waals surface area contributed by atoms with Crippen molar-refractivity contribution in [2.24, 2.45) is 0 Å². The molecule has 2 atom stereocenters. The van der Waals surface area contributed by atoms with E-state index in [1.54, 1.807) is 21.1 Å². The van der Waals surface area contributed by atoms with Gasteiger partial charge in [0.15, 0.2) is 6.10 Å². The number of unbranched alkanes of at least 4 members (excludes halogenated alkanes) is 15. The summed E-state index contributed by atoms with van der Waals surface area (Å²) in [6.45, 7) is 4.33. The number of carbonyl (C=O) groups excluding carboxylic acids is 3. The SMILES string of the molecule is CC/C=C/C=C/C=C/C=C/C=C/CCCC(=O)OC(COCCC(C(=O)[O-])[N+](C)(C)C)COC(=O)CCCCCCCCCCCCCCCC/C=C/C/C=C/CC. The lowest BCUT2D eigenvalue weighted by atomic mass is 10.0. The fourth-order valence-electron chi connectivity index (χ4n) is 6.20. The third kappa shape index (κ3) is 38.1. The minimum absolute atomic E-state index is 0.00797. The molecule has 0 radical (unpaired) electrons. The van der Waals surface area contributed by atoms with E-state index in [1.165, 1.54) is 77.0 Å². The van der Waals surface area contributed by atoms with Gasteiger partial charge in [-0.05, 0) is 51.4 Å². The molecular formula is C50H83NO7. The summed E-state index contributed by atoms with van der Waals surface area (Å²) in [5.74, 6) is -1.84. The van der Waals surface area contributed by atoms with Crippen molar-refractivity contribution in [3.63, 3.8) is 0 Å². The summed E-state index contributed by atoms with van der Waals surface area (Å²) in [5, 5.41) is 11.6. The number of allylic oxidation sites excluding steroid dienone is 14. The fourth-order valence-corrected chi connectivity index (χ4v) is 6.20. The van der Waals surface area contributed by atoms with Crippen molar-refractivity contribution in [3.05, 3.63) is 85.1 Å². The molecule has 0 aromatic heterocycles. The Bertz CT molecular complexity index is 1220. The molecule has 58 heavy (non-hydrogen) atoms. The minimum Gasteiger partial charge on any atom is -0.544 e. The molecule has 0 aliphatic carbocycles. The van der Waals surface area contributed by atoms with Gasteiger partial charge in [-0.15, -0.1) is 0 Å². The Morgan fingerprint density at radius 3 is 1.57 bits per heavy atom. The molecule has 0 bridgehead atoms. The third-order valence-corrected chi connectivity index (χ3v) is 9.66. The predicted molar refractivity (Wildman–Crippen MR) is 240 cm³/mol. The molecule has 2 unspecified atom stereocenters. The van der Waals surface area contributed by atoms with Crippen molar-refractivity contribution >= 4 is 17.9 Å². The molecule has 0 aliphatic rings. The second-order valence-corrected chi connectivity index (χ2v) is 16.0. The molecular weight excluding hydrogens is 727 g/mol. The van der Waals surface area contributed by atoms with Crippen molar-refractivity contribution in [1.82, 2.24) is 0 Å². The van der Waals surface area contributed by atoms with Crippen LogP contribution in [-0.2, 0) is 28.6 Å². The Hall–Kier alpha value is -3.49. The van der Waals surface area contributed by atoms with Crippen molar-refractivity contribution in [1.29, 1.82) is 0 Å². The zero-order chi connectivity index (χ0) is 42.8. The van der Waals surface area contributed by atoms with Gasteiger partial charge in [-0.3, -0.25) is 9.59 Å². The van der Waals surface area contributed by atoms with Gasteiger partial charge in [0.1, 0.15) is 12.6 Å². The number of rotatable bonds is 39. The maximum Gasteiger partial charge on any atom is 0.306 e. The highest BCUT2D eigenvalue weighted by molar-refractivity contribution is 5.70. The maximum absolute atomic E-state index is 12.7. The zero-order valence-electron chi connectivity index (χ0n) is 37.4. The summed E-state index contributed by atoms with van der Waals surface area (Å²) in [4.78, 5) is 36.8. The van der Waals surface area contributed by atoms with Crippen LogP contribution in [0.4, 0.5) is 0 Å². The fraction of sp³-hybridized carbons (Fsp3) is 0.660. The van der Waals surface area contributed by atoms with Gasteiger partial charge < -0.3 is 28.6 Å².